The highest BCUT2D eigenvalue weighted by Gasteiger charge is 2.19. The molecule has 0 spiro atoms. The Morgan fingerprint density at radius 2 is 1.97 bits per heavy atom. The lowest BCUT2D eigenvalue weighted by molar-refractivity contribution is 0.102. The summed E-state index contributed by atoms with van der Waals surface area (Å²) in [6.07, 6.45) is 5.00. The molecule has 2 heterocycles. The van der Waals surface area contributed by atoms with Crippen LogP contribution >= 0.6 is 11.6 Å². The van der Waals surface area contributed by atoms with Crippen molar-refractivity contribution in [3.63, 3.8) is 0 Å². The molecule has 29 heavy (non-hydrogen) atoms. The van der Waals surface area contributed by atoms with E-state index in [4.69, 9.17) is 16.3 Å². The van der Waals surface area contributed by atoms with Gasteiger partial charge >= 0.3 is 0 Å². The number of tetrazole rings is 1. The zero-order chi connectivity index (χ0) is 20.2. The summed E-state index contributed by atoms with van der Waals surface area (Å²) in [7, 11) is 1.53. The summed E-state index contributed by atoms with van der Waals surface area (Å²) in [6.45, 7) is 1.90. The van der Waals surface area contributed by atoms with Crippen LogP contribution in [0.4, 0.5) is 11.4 Å². The predicted molar refractivity (Wildman–Crippen MR) is 111 cm³/mol. The van der Waals surface area contributed by atoms with Crippen molar-refractivity contribution >= 4 is 28.9 Å². The number of carbonyl (C=O) groups is 1. The van der Waals surface area contributed by atoms with Crippen molar-refractivity contribution in [1.82, 2.24) is 20.2 Å². The highest BCUT2D eigenvalue weighted by atomic mass is 35.5. The van der Waals surface area contributed by atoms with Crippen LogP contribution in [0, 0.1) is 0 Å². The van der Waals surface area contributed by atoms with Crippen molar-refractivity contribution in [1.29, 1.82) is 0 Å². The quantitative estimate of drug-likeness (QED) is 0.689. The van der Waals surface area contributed by atoms with Gasteiger partial charge in [0.2, 0.25) is 0 Å². The number of nitrogens with zero attached hydrogens (tertiary/aromatic N) is 5. The lowest BCUT2D eigenvalue weighted by Gasteiger charge is -2.31. The molecule has 0 aliphatic carbocycles. The second kappa shape index (κ2) is 8.48. The maximum Gasteiger partial charge on any atom is 0.259 e. The van der Waals surface area contributed by atoms with E-state index in [0.717, 1.165) is 37.3 Å². The highest BCUT2D eigenvalue weighted by molar-refractivity contribution is 6.31. The van der Waals surface area contributed by atoms with Gasteiger partial charge in [0.05, 0.1) is 29.7 Å². The largest absolute Gasteiger partial charge is 0.496 e. The van der Waals surface area contributed by atoms with E-state index in [1.165, 1.54) is 19.9 Å². The number of methoxy groups -OCH3 is 1. The van der Waals surface area contributed by atoms with Gasteiger partial charge in [-0.15, -0.1) is 5.10 Å². The average Bonchev–Trinajstić information content (AvgIpc) is 3.29. The summed E-state index contributed by atoms with van der Waals surface area (Å²) < 4.78 is 6.88. The lowest BCUT2D eigenvalue weighted by Crippen LogP contribution is -2.30. The number of nitrogens with one attached hydrogen (secondary N) is 1. The minimum absolute atomic E-state index is 0.295. The number of amides is 1. The van der Waals surface area contributed by atoms with Crippen molar-refractivity contribution in [2.45, 2.75) is 19.3 Å². The van der Waals surface area contributed by atoms with Crippen LogP contribution in [0.15, 0.2) is 42.7 Å². The first kappa shape index (κ1) is 19.2. The fraction of sp³-hybridized carbons (Fsp3) is 0.300. The van der Waals surface area contributed by atoms with Crippen molar-refractivity contribution in [3.8, 4) is 11.4 Å². The van der Waals surface area contributed by atoms with Crippen molar-refractivity contribution in [2.24, 2.45) is 0 Å². The van der Waals surface area contributed by atoms with Crippen LogP contribution in [0.5, 0.6) is 5.75 Å². The van der Waals surface area contributed by atoms with Gasteiger partial charge in [0.1, 0.15) is 12.1 Å². The summed E-state index contributed by atoms with van der Waals surface area (Å²) in [6, 6.07) is 10.8. The van der Waals surface area contributed by atoms with Crippen LogP contribution in [0.3, 0.4) is 0 Å². The molecule has 1 fully saturated rings. The van der Waals surface area contributed by atoms with E-state index in [9.17, 15) is 4.79 Å². The molecule has 1 N–H and O–H groups in total. The van der Waals surface area contributed by atoms with Crippen LogP contribution < -0.4 is 15.0 Å². The van der Waals surface area contributed by atoms with Crippen LogP contribution in [0.25, 0.3) is 5.69 Å². The third kappa shape index (κ3) is 4.17. The molecule has 0 atom stereocenters. The molecular formula is C20H21ClN6O2. The lowest BCUT2D eigenvalue weighted by atomic mass is 10.1. The molecular weight excluding hydrogens is 392 g/mol. The maximum absolute atomic E-state index is 13.1. The van der Waals surface area contributed by atoms with Gasteiger partial charge in [-0.25, -0.2) is 4.68 Å². The topological polar surface area (TPSA) is 85.2 Å². The highest BCUT2D eigenvalue weighted by Crippen LogP contribution is 2.32. The van der Waals surface area contributed by atoms with E-state index in [1.54, 1.807) is 22.9 Å². The number of piperidine rings is 1. The Hall–Kier alpha value is -3.13. The molecule has 1 aliphatic rings. The fourth-order valence-electron chi connectivity index (χ4n) is 3.50. The Balaban J connectivity index is 1.71. The zero-order valence-electron chi connectivity index (χ0n) is 16.0. The molecule has 9 heteroatoms. The summed E-state index contributed by atoms with van der Waals surface area (Å²) >= 11 is 6.10. The monoisotopic (exact) mass is 412 g/mol. The Labute approximate surface area is 173 Å². The zero-order valence-corrected chi connectivity index (χ0v) is 16.8. The number of carbonyl (C=O) groups excluding carboxylic acids is 1. The molecule has 0 radical (unpaired) electrons. The third-order valence-corrected chi connectivity index (χ3v) is 5.18. The fourth-order valence-corrected chi connectivity index (χ4v) is 3.68. The van der Waals surface area contributed by atoms with Crippen LogP contribution in [0.1, 0.15) is 29.6 Å². The molecule has 1 aliphatic heterocycles. The summed E-state index contributed by atoms with van der Waals surface area (Å²) in [5.41, 5.74) is 2.78. The van der Waals surface area contributed by atoms with E-state index in [2.05, 4.69) is 25.7 Å². The second-order valence-electron chi connectivity index (χ2n) is 6.80. The molecule has 1 aromatic heterocycles. The van der Waals surface area contributed by atoms with Crippen molar-refractivity contribution < 1.29 is 9.53 Å². The smallest absolute Gasteiger partial charge is 0.259 e. The number of ether oxygens (including phenoxy) is 1. The number of halogens is 1. The first-order chi connectivity index (χ1) is 14.2. The van der Waals surface area contributed by atoms with Gasteiger partial charge in [0.25, 0.3) is 5.91 Å². The Morgan fingerprint density at radius 3 is 2.69 bits per heavy atom. The number of benzene rings is 2. The Morgan fingerprint density at radius 1 is 1.14 bits per heavy atom. The van der Waals surface area contributed by atoms with Crippen LogP contribution in [0.2, 0.25) is 5.02 Å². The van der Waals surface area contributed by atoms with E-state index in [-0.39, 0.29) is 5.91 Å². The number of aromatic nitrogens is 4. The van der Waals surface area contributed by atoms with Crippen molar-refractivity contribution in [2.75, 3.05) is 30.4 Å². The molecule has 150 valence electrons. The molecule has 0 bridgehead atoms. The number of rotatable bonds is 5. The number of hydrogen-bond donors (Lipinski definition) is 1. The van der Waals surface area contributed by atoms with Crippen LogP contribution in [-0.2, 0) is 0 Å². The first-order valence-corrected chi connectivity index (χ1v) is 9.81. The molecule has 2 aromatic carbocycles. The first-order valence-electron chi connectivity index (χ1n) is 9.43. The van der Waals surface area contributed by atoms with E-state index in [0.29, 0.717) is 22.0 Å². The number of anilines is 2. The standard InChI is InChI=1S/C20H21ClN6O2/c1-29-19-8-5-14(21)11-16(19)20(28)23-17-12-15(27-13-22-24-25-27)6-7-18(17)26-9-3-2-4-10-26/h5-8,11-13H,2-4,9-10H2,1H3,(H,23,28). The molecule has 3 aromatic rings. The van der Waals surface area contributed by atoms with E-state index < -0.39 is 0 Å². The molecule has 4 rings (SSSR count). The SMILES string of the molecule is COc1ccc(Cl)cc1C(=O)Nc1cc(-n2cnnn2)ccc1N1CCCCC1. The predicted octanol–water partition coefficient (Wildman–Crippen LogP) is 3.57. The Bertz CT molecular complexity index is 1000. The number of hydrogen-bond acceptors (Lipinski definition) is 6. The summed E-state index contributed by atoms with van der Waals surface area (Å²) in [4.78, 5) is 15.4. The Kier molecular flexibility index (Phi) is 5.62. The van der Waals surface area contributed by atoms with Gasteiger partial charge in [-0.2, -0.15) is 0 Å². The molecule has 1 amide bonds. The summed E-state index contributed by atoms with van der Waals surface area (Å²) in [5, 5.41) is 14.8. The van der Waals surface area contributed by atoms with Crippen molar-refractivity contribution in [3.05, 3.63) is 53.3 Å². The molecule has 8 nitrogen and oxygen atoms in total. The normalized spacial score (nSPS) is 13.9. The third-order valence-electron chi connectivity index (χ3n) is 4.94. The van der Waals surface area contributed by atoms with E-state index in [1.807, 2.05) is 18.2 Å². The average molecular weight is 413 g/mol. The molecule has 0 saturated carbocycles. The van der Waals surface area contributed by atoms with Gasteiger partial charge in [-0.1, -0.05) is 11.6 Å². The summed E-state index contributed by atoms with van der Waals surface area (Å²) in [5.74, 6) is 0.166. The molecule has 1 saturated heterocycles. The minimum atomic E-state index is -0.295. The van der Waals surface area contributed by atoms with Gasteiger partial charge in [0.15, 0.2) is 0 Å². The van der Waals surface area contributed by atoms with E-state index >= 15 is 0 Å². The van der Waals surface area contributed by atoms with Gasteiger partial charge in [-0.05, 0) is 66.1 Å². The molecule has 0 unspecified atom stereocenters. The van der Waals surface area contributed by atoms with Gasteiger partial charge < -0.3 is 15.0 Å². The van der Waals surface area contributed by atoms with Gasteiger partial charge in [-0.3, -0.25) is 4.79 Å². The maximum atomic E-state index is 13.1. The van der Waals surface area contributed by atoms with Gasteiger partial charge in [0, 0.05) is 18.1 Å². The second-order valence-corrected chi connectivity index (χ2v) is 7.24. The van der Waals surface area contributed by atoms with Crippen LogP contribution in [-0.4, -0.2) is 46.3 Å². The minimum Gasteiger partial charge on any atom is -0.496 e.